The van der Waals surface area contributed by atoms with E-state index in [0.717, 1.165) is 42.8 Å². The van der Waals surface area contributed by atoms with Crippen molar-refractivity contribution in [2.45, 2.75) is 25.4 Å². The van der Waals surface area contributed by atoms with Crippen LogP contribution < -0.4 is 4.90 Å². The summed E-state index contributed by atoms with van der Waals surface area (Å²) in [5.74, 6) is 0.875. The van der Waals surface area contributed by atoms with Gasteiger partial charge < -0.3 is 14.5 Å². The van der Waals surface area contributed by atoms with Gasteiger partial charge in [0.25, 0.3) is 5.91 Å². The Kier molecular flexibility index (Phi) is 4.72. The van der Waals surface area contributed by atoms with Crippen LogP contribution in [0.15, 0.2) is 24.4 Å². The summed E-state index contributed by atoms with van der Waals surface area (Å²) in [6, 6.07) is 5.48. The monoisotopic (exact) mass is 360 g/mol. The average Bonchev–Trinajstić information content (AvgIpc) is 2.68. The van der Waals surface area contributed by atoms with Gasteiger partial charge in [-0.1, -0.05) is 11.6 Å². The number of rotatable bonds is 2. The van der Waals surface area contributed by atoms with Crippen LogP contribution >= 0.6 is 11.6 Å². The Morgan fingerprint density at radius 1 is 1.16 bits per heavy atom. The van der Waals surface area contributed by atoms with Crippen molar-refractivity contribution in [1.82, 2.24) is 14.9 Å². The molecule has 1 unspecified atom stereocenters. The van der Waals surface area contributed by atoms with Gasteiger partial charge in [-0.15, -0.1) is 0 Å². The maximum absolute atomic E-state index is 12.7. The number of ether oxygens (including phenoxy) is 1. The van der Waals surface area contributed by atoms with E-state index in [2.05, 4.69) is 14.9 Å². The van der Waals surface area contributed by atoms with Crippen LogP contribution in [-0.2, 0) is 9.53 Å². The van der Waals surface area contributed by atoms with Crippen LogP contribution in [0, 0.1) is 0 Å². The number of hydrogen-bond acceptors (Lipinski definition) is 5. The highest BCUT2D eigenvalue weighted by Gasteiger charge is 2.31. The number of nitrogens with zero attached hydrogens (tertiary/aromatic N) is 4. The van der Waals surface area contributed by atoms with Crippen molar-refractivity contribution in [3.8, 4) is 0 Å². The lowest BCUT2D eigenvalue weighted by molar-refractivity contribution is -0.145. The van der Waals surface area contributed by atoms with Crippen molar-refractivity contribution in [2.75, 3.05) is 37.7 Å². The highest BCUT2D eigenvalue weighted by Crippen LogP contribution is 2.21. The topological polar surface area (TPSA) is 58.6 Å². The van der Waals surface area contributed by atoms with E-state index in [1.54, 1.807) is 12.3 Å². The zero-order chi connectivity index (χ0) is 17.2. The van der Waals surface area contributed by atoms with Crippen LogP contribution in [-0.4, -0.2) is 59.7 Å². The predicted octanol–water partition coefficient (Wildman–Crippen LogP) is 2.50. The fourth-order valence-corrected chi connectivity index (χ4v) is 3.62. The molecule has 2 aliphatic rings. The molecular formula is C18H21ClN4O2. The van der Waals surface area contributed by atoms with Gasteiger partial charge >= 0.3 is 0 Å². The van der Waals surface area contributed by atoms with Gasteiger partial charge in [-0.25, -0.2) is 4.98 Å². The minimum absolute atomic E-state index is 0.102. The number of piperidine rings is 1. The zero-order valence-corrected chi connectivity index (χ0v) is 14.8. The van der Waals surface area contributed by atoms with Crippen LogP contribution in [0.5, 0.6) is 0 Å². The first-order chi connectivity index (χ1) is 12.2. The molecule has 0 aliphatic carbocycles. The second-order valence-corrected chi connectivity index (χ2v) is 6.99. The number of carbonyl (C=O) groups excluding carboxylic acids is 1. The summed E-state index contributed by atoms with van der Waals surface area (Å²) in [7, 11) is 0. The molecule has 25 heavy (non-hydrogen) atoms. The highest BCUT2D eigenvalue weighted by atomic mass is 35.5. The van der Waals surface area contributed by atoms with Gasteiger partial charge in [-0.05, 0) is 37.5 Å². The number of halogens is 1. The van der Waals surface area contributed by atoms with Gasteiger partial charge in [0.15, 0.2) is 6.10 Å². The Bertz CT molecular complexity index is 779. The smallest absolute Gasteiger partial charge is 0.253 e. The molecule has 0 bridgehead atoms. The van der Waals surface area contributed by atoms with Gasteiger partial charge in [0, 0.05) is 24.7 Å². The summed E-state index contributed by atoms with van der Waals surface area (Å²) in [6.45, 7) is 3.43. The normalized spacial score (nSPS) is 21.6. The first-order valence-corrected chi connectivity index (χ1v) is 9.16. The summed E-state index contributed by atoms with van der Waals surface area (Å²) >= 11 is 6.00. The van der Waals surface area contributed by atoms with Crippen LogP contribution in [0.1, 0.15) is 19.3 Å². The zero-order valence-electron chi connectivity index (χ0n) is 14.0. The first kappa shape index (κ1) is 16.5. The molecule has 1 aromatic carbocycles. The van der Waals surface area contributed by atoms with E-state index in [1.165, 1.54) is 6.42 Å². The van der Waals surface area contributed by atoms with Crippen molar-refractivity contribution >= 4 is 34.4 Å². The number of aromatic nitrogens is 2. The van der Waals surface area contributed by atoms with Gasteiger partial charge in [-0.2, -0.15) is 0 Å². The van der Waals surface area contributed by atoms with Crippen LogP contribution in [0.2, 0.25) is 5.02 Å². The van der Waals surface area contributed by atoms with Crippen LogP contribution in [0.3, 0.4) is 0 Å². The quantitative estimate of drug-likeness (QED) is 0.823. The van der Waals surface area contributed by atoms with E-state index < -0.39 is 6.10 Å². The molecule has 0 saturated carbocycles. The summed E-state index contributed by atoms with van der Waals surface area (Å²) in [5, 5.41) is 0.646. The molecule has 2 aromatic rings. The third-order valence-corrected chi connectivity index (χ3v) is 5.06. The summed E-state index contributed by atoms with van der Waals surface area (Å²) < 4.78 is 5.75. The third-order valence-electron chi connectivity index (χ3n) is 4.83. The van der Waals surface area contributed by atoms with E-state index >= 15 is 0 Å². The molecule has 0 radical (unpaired) electrons. The largest absolute Gasteiger partial charge is 0.365 e. The standard InChI is InChI=1S/C18H21ClN4O2/c19-13-4-5-14-15(10-13)20-11-17(21-14)23-8-9-25-16(12-23)18(24)22-6-2-1-3-7-22/h4-5,10-11,16H,1-3,6-9,12H2. The van der Waals surface area contributed by atoms with Crippen LogP contribution in [0.4, 0.5) is 5.82 Å². The van der Waals surface area contributed by atoms with Crippen molar-refractivity contribution in [2.24, 2.45) is 0 Å². The number of likely N-dealkylation sites (tertiary alicyclic amines) is 1. The maximum Gasteiger partial charge on any atom is 0.253 e. The molecule has 2 aliphatic heterocycles. The molecular weight excluding hydrogens is 340 g/mol. The van der Waals surface area contributed by atoms with Gasteiger partial charge in [-0.3, -0.25) is 9.78 Å². The SMILES string of the molecule is O=C(C1CN(c2cnc3cc(Cl)ccc3n2)CCO1)N1CCCCC1. The summed E-state index contributed by atoms with van der Waals surface area (Å²) in [4.78, 5) is 25.8. The number of fused-ring (bicyclic) bond motifs is 1. The number of amides is 1. The lowest BCUT2D eigenvalue weighted by atomic mass is 10.1. The molecule has 6 nitrogen and oxygen atoms in total. The van der Waals surface area contributed by atoms with Crippen molar-refractivity contribution in [1.29, 1.82) is 0 Å². The number of anilines is 1. The second-order valence-electron chi connectivity index (χ2n) is 6.55. The summed E-state index contributed by atoms with van der Waals surface area (Å²) in [5.41, 5.74) is 1.57. The van der Waals surface area contributed by atoms with Crippen molar-refractivity contribution in [3.05, 3.63) is 29.4 Å². The minimum Gasteiger partial charge on any atom is -0.365 e. The molecule has 132 valence electrons. The molecule has 1 amide bonds. The fraction of sp³-hybridized carbons (Fsp3) is 0.500. The Labute approximate surface area is 151 Å². The molecule has 2 fully saturated rings. The summed E-state index contributed by atoms with van der Waals surface area (Å²) in [6.07, 6.45) is 4.70. The molecule has 3 heterocycles. The number of morpholine rings is 1. The van der Waals surface area contributed by atoms with E-state index in [4.69, 9.17) is 16.3 Å². The van der Waals surface area contributed by atoms with E-state index in [9.17, 15) is 4.79 Å². The Balaban J connectivity index is 1.50. The van der Waals surface area contributed by atoms with E-state index in [-0.39, 0.29) is 5.91 Å². The third kappa shape index (κ3) is 3.55. The average molecular weight is 361 g/mol. The van der Waals surface area contributed by atoms with E-state index in [1.807, 2.05) is 17.0 Å². The number of hydrogen-bond donors (Lipinski definition) is 0. The van der Waals surface area contributed by atoms with Gasteiger partial charge in [0.05, 0.1) is 30.4 Å². The first-order valence-electron chi connectivity index (χ1n) is 8.78. The van der Waals surface area contributed by atoms with Gasteiger partial charge in [0.1, 0.15) is 5.82 Å². The van der Waals surface area contributed by atoms with Crippen molar-refractivity contribution < 1.29 is 9.53 Å². The molecule has 0 N–H and O–H groups in total. The minimum atomic E-state index is -0.422. The lowest BCUT2D eigenvalue weighted by Crippen LogP contribution is -2.52. The molecule has 1 atom stereocenters. The highest BCUT2D eigenvalue weighted by molar-refractivity contribution is 6.31. The molecule has 4 rings (SSSR count). The lowest BCUT2D eigenvalue weighted by Gasteiger charge is -2.36. The molecule has 1 aromatic heterocycles. The van der Waals surface area contributed by atoms with Crippen LogP contribution in [0.25, 0.3) is 11.0 Å². The number of carbonyl (C=O) groups is 1. The molecule has 0 spiro atoms. The maximum atomic E-state index is 12.7. The van der Waals surface area contributed by atoms with Crippen molar-refractivity contribution in [3.63, 3.8) is 0 Å². The predicted molar refractivity (Wildman–Crippen MR) is 96.9 cm³/mol. The molecule has 7 heteroatoms. The van der Waals surface area contributed by atoms with E-state index in [0.29, 0.717) is 24.7 Å². The Hall–Kier alpha value is -1.92. The molecule has 2 saturated heterocycles. The Morgan fingerprint density at radius 3 is 2.84 bits per heavy atom. The second kappa shape index (κ2) is 7.14. The van der Waals surface area contributed by atoms with Gasteiger partial charge in [0.2, 0.25) is 0 Å². The number of benzene rings is 1. The fourth-order valence-electron chi connectivity index (χ4n) is 3.45. The Morgan fingerprint density at radius 2 is 2.00 bits per heavy atom.